The molecule has 144 valence electrons. The summed E-state index contributed by atoms with van der Waals surface area (Å²) < 4.78 is 5.10. The van der Waals surface area contributed by atoms with Crippen LogP contribution in [0.1, 0.15) is 27.2 Å². The molecule has 2 aromatic carbocycles. The van der Waals surface area contributed by atoms with Crippen LogP contribution in [-0.2, 0) is 9.59 Å². The van der Waals surface area contributed by atoms with Crippen LogP contribution in [-0.4, -0.2) is 25.0 Å². The van der Waals surface area contributed by atoms with Crippen LogP contribution >= 0.6 is 0 Å². The van der Waals surface area contributed by atoms with Gasteiger partial charge in [-0.25, -0.2) is 0 Å². The SMILES string of the molecule is COc1ccc(NC(=O)C(C)Nc2ccc(NC(=O)CC(C)C)cc2)cc1. The van der Waals surface area contributed by atoms with E-state index in [-0.39, 0.29) is 11.8 Å². The second kappa shape index (κ2) is 9.62. The third kappa shape index (κ3) is 6.66. The van der Waals surface area contributed by atoms with E-state index in [4.69, 9.17) is 4.74 Å². The first kappa shape index (κ1) is 20.3. The molecule has 0 spiro atoms. The lowest BCUT2D eigenvalue weighted by molar-refractivity contribution is -0.117. The lowest BCUT2D eigenvalue weighted by atomic mass is 10.1. The minimum atomic E-state index is -0.423. The molecule has 0 fully saturated rings. The molecule has 0 aliphatic heterocycles. The third-order valence-electron chi connectivity index (χ3n) is 3.90. The molecule has 0 bridgehead atoms. The van der Waals surface area contributed by atoms with Crippen molar-refractivity contribution in [2.24, 2.45) is 5.92 Å². The van der Waals surface area contributed by atoms with E-state index in [1.54, 1.807) is 38.3 Å². The fourth-order valence-electron chi connectivity index (χ4n) is 2.47. The Morgan fingerprint density at radius 1 is 0.852 bits per heavy atom. The molecule has 2 amide bonds. The Balaban J connectivity index is 1.87. The Bertz CT molecular complexity index is 755. The van der Waals surface area contributed by atoms with Crippen molar-refractivity contribution in [2.45, 2.75) is 33.2 Å². The standard InChI is InChI=1S/C21H27N3O3/c1-14(2)13-20(25)23-17-7-5-16(6-8-17)22-15(3)21(26)24-18-9-11-19(27-4)12-10-18/h5-12,14-15,22H,13H2,1-4H3,(H,23,25)(H,24,26). The van der Waals surface area contributed by atoms with Gasteiger partial charge in [0, 0.05) is 23.5 Å². The predicted molar refractivity (Wildman–Crippen MR) is 109 cm³/mol. The van der Waals surface area contributed by atoms with Crippen molar-refractivity contribution in [1.82, 2.24) is 0 Å². The van der Waals surface area contributed by atoms with E-state index >= 15 is 0 Å². The number of carbonyl (C=O) groups is 2. The minimum Gasteiger partial charge on any atom is -0.497 e. The average Bonchev–Trinajstić information content (AvgIpc) is 2.63. The second-order valence-electron chi connectivity index (χ2n) is 6.81. The number of hydrogen-bond acceptors (Lipinski definition) is 4. The quantitative estimate of drug-likeness (QED) is 0.654. The first-order valence-electron chi connectivity index (χ1n) is 8.98. The van der Waals surface area contributed by atoms with Gasteiger partial charge in [0.1, 0.15) is 11.8 Å². The zero-order chi connectivity index (χ0) is 19.8. The predicted octanol–water partition coefficient (Wildman–Crippen LogP) is 4.12. The van der Waals surface area contributed by atoms with Crippen molar-refractivity contribution in [2.75, 3.05) is 23.1 Å². The summed E-state index contributed by atoms with van der Waals surface area (Å²) in [6, 6.07) is 14.0. The van der Waals surface area contributed by atoms with E-state index in [1.165, 1.54) is 0 Å². The van der Waals surface area contributed by atoms with Crippen molar-refractivity contribution < 1.29 is 14.3 Å². The summed E-state index contributed by atoms with van der Waals surface area (Å²) in [5.74, 6) is 0.906. The summed E-state index contributed by atoms with van der Waals surface area (Å²) in [7, 11) is 1.60. The molecule has 1 unspecified atom stereocenters. The van der Waals surface area contributed by atoms with Gasteiger partial charge in [-0.1, -0.05) is 13.8 Å². The van der Waals surface area contributed by atoms with E-state index < -0.39 is 6.04 Å². The number of amides is 2. The lowest BCUT2D eigenvalue weighted by Gasteiger charge is -2.16. The highest BCUT2D eigenvalue weighted by molar-refractivity contribution is 5.96. The highest BCUT2D eigenvalue weighted by Crippen LogP contribution is 2.17. The zero-order valence-electron chi connectivity index (χ0n) is 16.2. The van der Waals surface area contributed by atoms with E-state index in [0.29, 0.717) is 18.0 Å². The van der Waals surface area contributed by atoms with Crippen LogP contribution in [0.4, 0.5) is 17.1 Å². The van der Waals surface area contributed by atoms with E-state index in [9.17, 15) is 9.59 Å². The molecular weight excluding hydrogens is 342 g/mol. The summed E-state index contributed by atoms with van der Waals surface area (Å²) in [4.78, 5) is 24.1. The Morgan fingerprint density at radius 3 is 1.93 bits per heavy atom. The number of ether oxygens (including phenoxy) is 1. The maximum Gasteiger partial charge on any atom is 0.246 e. The number of nitrogens with one attached hydrogen (secondary N) is 3. The molecule has 6 nitrogen and oxygen atoms in total. The van der Waals surface area contributed by atoms with Crippen LogP contribution in [0.3, 0.4) is 0 Å². The van der Waals surface area contributed by atoms with Crippen molar-refractivity contribution in [1.29, 1.82) is 0 Å². The van der Waals surface area contributed by atoms with Crippen LogP contribution in [0.2, 0.25) is 0 Å². The molecule has 2 rings (SSSR count). The second-order valence-corrected chi connectivity index (χ2v) is 6.81. The number of carbonyl (C=O) groups excluding carboxylic acids is 2. The Labute approximate surface area is 160 Å². The topological polar surface area (TPSA) is 79.5 Å². The first-order valence-corrected chi connectivity index (χ1v) is 8.98. The number of benzene rings is 2. The van der Waals surface area contributed by atoms with Crippen LogP contribution < -0.4 is 20.7 Å². The van der Waals surface area contributed by atoms with Gasteiger partial charge in [0.2, 0.25) is 11.8 Å². The van der Waals surface area contributed by atoms with E-state index in [1.807, 2.05) is 38.1 Å². The van der Waals surface area contributed by atoms with Crippen LogP contribution in [0, 0.1) is 5.92 Å². The maximum atomic E-state index is 12.3. The largest absolute Gasteiger partial charge is 0.497 e. The molecule has 3 N–H and O–H groups in total. The Kier molecular flexibility index (Phi) is 7.23. The molecule has 0 saturated heterocycles. The smallest absolute Gasteiger partial charge is 0.246 e. The summed E-state index contributed by atoms with van der Waals surface area (Å²) >= 11 is 0. The van der Waals surface area contributed by atoms with Gasteiger partial charge in [-0.3, -0.25) is 9.59 Å². The zero-order valence-corrected chi connectivity index (χ0v) is 16.2. The van der Waals surface area contributed by atoms with Crippen molar-refractivity contribution in [3.63, 3.8) is 0 Å². The van der Waals surface area contributed by atoms with Gasteiger partial charge in [0.05, 0.1) is 7.11 Å². The number of methoxy groups -OCH3 is 1. The van der Waals surface area contributed by atoms with Crippen LogP contribution in [0.25, 0.3) is 0 Å². The van der Waals surface area contributed by atoms with Gasteiger partial charge < -0.3 is 20.7 Å². The molecule has 0 saturated carbocycles. The van der Waals surface area contributed by atoms with Crippen molar-refractivity contribution in [3.8, 4) is 5.75 Å². The minimum absolute atomic E-state index is 0.00190. The average molecular weight is 369 g/mol. The van der Waals surface area contributed by atoms with Crippen LogP contribution in [0.15, 0.2) is 48.5 Å². The molecule has 0 radical (unpaired) electrons. The monoisotopic (exact) mass is 369 g/mol. The molecule has 27 heavy (non-hydrogen) atoms. The highest BCUT2D eigenvalue weighted by atomic mass is 16.5. The summed E-state index contributed by atoms with van der Waals surface area (Å²) in [5.41, 5.74) is 2.24. The fraction of sp³-hybridized carbons (Fsp3) is 0.333. The molecule has 1 atom stereocenters. The molecule has 2 aromatic rings. The van der Waals surface area contributed by atoms with Gasteiger partial charge in [-0.15, -0.1) is 0 Å². The fourth-order valence-corrected chi connectivity index (χ4v) is 2.47. The summed E-state index contributed by atoms with van der Waals surface area (Å²) in [6.07, 6.45) is 0.489. The number of hydrogen-bond donors (Lipinski definition) is 3. The normalized spacial score (nSPS) is 11.6. The third-order valence-corrected chi connectivity index (χ3v) is 3.90. The molecule has 0 aliphatic rings. The van der Waals surface area contributed by atoms with Gasteiger partial charge in [-0.05, 0) is 61.4 Å². The Morgan fingerprint density at radius 2 is 1.37 bits per heavy atom. The number of rotatable bonds is 8. The lowest BCUT2D eigenvalue weighted by Crippen LogP contribution is -2.31. The molecule has 0 aromatic heterocycles. The molecule has 0 aliphatic carbocycles. The Hall–Kier alpha value is -3.02. The summed E-state index contributed by atoms with van der Waals surface area (Å²) in [5, 5.41) is 8.86. The van der Waals surface area contributed by atoms with Gasteiger partial charge in [-0.2, -0.15) is 0 Å². The molecule has 0 heterocycles. The van der Waals surface area contributed by atoms with E-state index in [2.05, 4.69) is 16.0 Å². The number of anilines is 3. The van der Waals surface area contributed by atoms with Gasteiger partial charge in [0.15, 0.2) is 0 Å². The summed E-state index contributed by atoms with van der Waals surface area (Å²) in [6.45, 7) is 5.80. The highest BCUT2D eigenvalue weighted by Gasteiger charge is 2.13. The van der Waals surface area contributed by atoms with Crippen LogP contribution in [0.5, 0.6) is 5.75 Å². The maximum absolute atomic E-state index is 12.3. The van der Waals surface area contributed by atoms with Gasteiger partial charge in [0.25, 0.3) is 0 Å². The first-order chi connectivity index (χ1) is 12.9. The molecular formula is C21H27N3O3. The van der Waals surface area contributed by atoms with E-state index in [0.717, 1.165) is 17.1 Å². The van der Waals surface area contributed by atoms with Gasteiger partial charge >= 0.3 is 0 Å². The molecule has 6 heteroatoms. The van der Waals surface area contributed by atoms with Crippen molar-refractivity contribution >= 4 is 28.9 Å². The van der Waals surface area contributed by atoms with Crippen molar-refractivity contribution in [3.05, 3.63) is 48.5 Å².